The maximum atomic E-state index is 15.2. The highest BCUT2D eigenvalue weighted by molar-refractivity contribution is 5.94. The van der Waals surface area contributed by atoms with Crippen molar-refractivity contribution in [2.45, 2.75) is 83.7 Å². The van der Waals surface area contributed by atoms with Crippen molar-refractivity contribution in [3.05, 3.63) is 58.2 Å². The molecule has 36 heavy (non-hydrogen) atoms. The fraction of sp³-hybridized carbons (Fsp3) is 0.586. The zero-order valence-corrected chi connectivity index (χ0v) is 20.8. The Morgan fingerprint density at radius 2 is 1.64 bits per heavy atom. The molecule has 0 bridgehead atoms. The van der Waals surface area contributed by atoms with E-state index in [1.54, 1.807) is 25.1 Å². The lowest BCUT2D eigenvalue weighted by Crippen LogP contribution is -2.59. The van der Waals surface area contributed by atoms with E-state index in [9.17, 15) is 22.8 Å². The van der Waals surface area contributed by atoms with Crippen LogP contribution in [0.2, 0.25) is 0 Å². The minimum absolute atomic E-state index is 0.0778. The van der Waals surface area contributed by atoms with Crippen LogP contribution in [0.4, 0.5) is 22.0 Å². The number of carbonyl (C=O) groups is 2. The van der Waals surface area contributed by atoms with E-state index < -0.39 is 22.9 Å². The van der Waals surface area contributed by atoms with E-state index in [-0.39, 0.29) is 42.2 Å². The van der Waals surface area contributed by atoms with Gasteiger partial charge in [-0.25, -0.2) is 0 Å². The van der Waals surface area contributed by atoms with Gasteiger partial charge in [-0.1, -0.05) is 43.7 Å². The molecule has 0 amide bonds. The molecule has 1 aromatic rings. The lowest BCUT2D eigenvalue weighted by atomic mass is 9.48. The van der Waals surface area contributed by atoms with Crippen molar-refractivity contribution < 1.29 is 31.5 Å². The summed E-state index contributed by atoms with van der Waals surface area (Å²) in [7, 11) is 0. The van der Waals surface area contributed by atoms with Crippen molar-refractivity contribution in [2.24, 2.45) is 22.7 Å². The summed E-state index contributed by atoms with van der Waals surface area (Å²) < 4.78 is 71.7. The first-order valence-electron chi connectivity index (χ1n) is 12.7. The van der Waals surface area contributed by atoms with Crippen LogP contribution in [0, 0.1) is 22.7 Å². The van der Waals surface area contributed by atoms with Gasteiger partial charge in [0, 0.05) is 23.3 Å². The van der Waals surface area contributed by atoms with Crippen LogP contribution in [0.25, 0.3) is 0 Å². The summed E-state index contributed by atoms with van der Waals surface area (Å²) in [4.78, 5) is 24.0. The number of hydrogen-bond acceptors (Lipinski definition) is 2. The number of halogens is 5. The second-order valence-corrected chi connectivity index (χ2v) is 11.6. The predicted molar refractivity (Wildman–Crippen MR) is 126 cm³/mol. The summed E-state index contributed by atoms with van der Waals surface area (Å²) >= 11 is 0. The summed E-state index contributed by atoms with van der Waals surface area (Å²) in [6, 6.07) is 7.04. The van der Waals surface area contributed by atoms with Crippen molar-refractivity contribution in [3.8, 4) is 0 Å². The van der Waals surface area contributed by atoms with Crippen LogP contribution >= 0.6 is 0 Å². The Hall–Kier alpha value is -2.31. The van der Waals surface area contributed by atoms with Crippen LogP contribution < -0.4 is 0 Å². The zero-order valence-electron chi connectivity index (χ0n) is 20.8. The number of ketones is 2. The lowest BCUT2D eigenvalue weighted by molar-refractivity contribution is -0.341. The smallest absolute Gasteiger partial charge is 0.295 e. The van der Waals surface area contributed by atoms with Crippen molar-refractivity contribution >= 4 is 11.6 Å². The molecule has 0 heterocycles. The van der Waals surface area contributed by atoms with Gasteiger partial charge in [0.25, 0.3) is 0 Å². The monoisotopic (exact) mass is 506 g/mol. The van der Waals surface area contributed by atoms with E-state index in [0.29, 0.717) is 37.7 Å². The molecular weight excluding hydrogens is 475 g/mol. The Morgan fingerprint density at radius 1 is 0.972 bits per heavy atom. The standard InChI is InChI=1S/C29H31F5O2/c1-16(35)17-4-6-18(7-5-17)23-15-26(2)24(12-13-27(26,3)28(30,31)29(32,33)34)22-10-8-19-14-20(36)9-11-21(19)25(22)23/h4-7,14,22-24H,8-13,15H2,1-3H3/t22-,23+,24-,26-,27+/m0/s1. The molecule has 0 aromatic heterocycles. The number of benzene rings is 1. The van der Waals surface area contributed by atoms with Crippen molar-refractivity contribution in [1.82, 2.24) is 0 Å². The number of Topliss-reactive ketones (excluding diaryl/α,β-unsaturated/α-hetero) is 1. The van der Waals surface area contributed by atoms with E-state index in [1.165, 1.54) is 6.92 Å². The Kier molecular flexibility index (Phi) is 5.70. The zero-order chi connectivity index (χ0) is 26.3. The van der Waals surface area contributed by atoms with Gasteiger partial charge in [-0.05, 0) is 85.5 Å². The van der Waals surface area contributed by atoms with E-state index in [1.807, 2.05) is 12.1 Å². The molecule has 7 heteroatoms. The maximum absolute atomic E-state index is 15.2. The molecule has 2 saturated carbocycles. The molecule has 0 N–H and O–H groups in total. The normalized spacial score (nSPS) is 34.6. The summed E-state index contributed by atoms with van der Waals surface area (Å²) in [5.74, 6) is -5.56. The van der Waals surface area contributed by atoms with Gasteiger partial charge in [0.2, 0.25) is 0 Å². The molecule has 2 nitrogen and oxygen atoms in total. The van der Waals surface area contributed by atoms with Crippen LogP contribution in [0.1, 0.15) is 87.6 Å². The number of fused-ring (bicyclic) bond motifs is 4. The van der Waals surface area contributed by atoms with Gasteiger partial charge < -0.3 is 0 Å². The van der Waals surface area contributed by atoms with Crippen LogP contribution in [0.5, 0.6) is 0 Å². The van der Waals surface area contributed by atoms with Crippen molar-refractivity contribution in [2.75, 3.05) is 0 Å². The molecule has 1 aromatic carbocycles. The fourth-order valence-corrected chi connectivity index (χ4v) is 7.98. The van der Waals surface area contributed by atoms with Gasteiger partial charge in [-0.15, -0.1) is 0 Å². The second-order valence-electron chi connectivity index (χ2n) is 11.6. The molecule has 0 saturated heterocycles. The first kappa shape index (κ1) is 25.3. The van der Waals surface area contributed by atoms with Gasteiger partial charge in [0.1, 0.15) is 0 Å². The molecular formula is C29H31F5O2. The van der Waals surface area contributed by atoms with E-state index in [4.69, 9.17) is 0 Å². The number of allylic oxidation sites excluding steroid dienone is 4. The fourth-order valence-electron chi connectivity index (χ4n) is 7.98. The SMILES string of the molecule is CC(=O)c1ccc([C@H]2C[C@@]3(C)[C@@H](CC[C@@]3(C)C(F)(F)C(F)(F)F)[C@@H]3CCC4=CC(=O)CCC4=C32)cc1. The van der Waals surface area contributed by atoms with Crippen LogP contribution in [0.15, 0.2) is 47.1 Å². The third-order valence-corrected chi connectivity index (χ3v) is 10.1. The van der Waals surface area contributed by atoms with Gasteiger partial charge in [-0.2, -0.15) is 22.0 Å². The number of alkyl halides is 5. The molecule has 0 aliphatic heterocycles. The topological polar surface area (TPSA) is 34.1 Å². The molecule has 5 atom stereocenters. The first-order chi connectivity index (χ1) is 16.7. The van der Waals surface area contributed by atoms with Crippen LogP contribution in [-0.4, -0.2) is 23.7 Å². The Bertz CT molecular complexity index is 1180. The van der Waals surface area contributed by atoms with Gasteiger partial charge in [-0.3, -0.25) is 9.59 Å². The Morgan fingerprint density at radius 3 is 2.25 bits per heavy atom. The first-order valence-corrected chi connectivity index (χ1v) is 12.7. The minimum atomic E-state index is -5.62. The molecule has 4 aliphatic rings. The molecule has 5 rings (SSSR count). The largest absolute Gasteiger partial charge is 0.453 e. The predicted octanol–water partition coefficient (Wildman–Crippen LogP) is 7.99. The van der Waals surface area contributed by atoms with E-state index >= 15 is 8.78 Å². The lowest BCUT2D eigenvalue weighted by Gasteiger charge is -2.57. The van der Waals surface area contributed by atoms with Crippen molar-refractivity contribution in [3.63, 3.8) is 0 Å². The summed E-state index contributed by atoms with van der Waals surface area (Å²) in [6.07, 6.45) is -1.35. The number of carbonyl (C=O) groups excluding carboxylic acids is 2. The van der Waals surface area contributed by atoms with Crippen LogP contribution in [0.3, 0.4) is 0 Å². The molecule has 2 fully saturated rings. The quantitative estimate of drug-likeness (QED) is 0.308. The van der Waals surface area contributed by atoms with E-state index in [2.05, 4.69) is 0 Å². The number of hydrogen-bond donors (Lipinski definition) is 0. The summed E-state index contributed by atoms with van der Waals surface area (Å²) in [6.45, 7) is 4.25. The second kappa shape index (κ2) is 8.09. The molecule has 0 unspecified atom stereocenters. The number of rotatable bonds is 3. The summed E-state index contributed by atoms with van der Waals surface area (Å²) in [5, 5.41) is 0. The highest BCUT2D eigenvalue weighted by Gasteiger charge is 2.77. The average molecular weight is 507 g/mol. The highest BCUT2D eigenvalue weighted by atomic mass is 19.4. The minimum Gasteiger partial charge on any atom is -0.295 e. The summed E-state index contributed by atoms with van der Waals surface area (Å²) in [5.41, 5.74) is 1.10. The Balaban J connectivity index is 1.69. The van der Waals surface area contributed by atoms with Crippen molar-refractivity contribution in [1.29, 1.82) is 0 Å². The van der Waals surface area contributed by atoms with E-state index in [0.717, 1.165) is 29.2 Å². The third kappa shape index (κ3) is 3.40. The highest BCUT2D eigenvalue weighted by Crippen LogP contribution is 2.74. The maximum Gasteiger partial charge on any atom is 0.453 e. The molecule has 194 valence electrons. The molecule has 0 radical (unpaired) electrons. The Labute approximate surface area is 208 Å². The molecule has 4 aliphatic carbocycles. The third-order valence-electron chi connectivity index (χ3n) is 10.1. The van der Waals surface area contributed by atoms with Crippen LogP contribution in [-0.2, 0) is 4.79 Å². The van der Waals surface area contributed by atoms with Gasteiger partial charge in [0.05, 0.1) is 0 Å². The van der Waals surface area contributed by atoms with Gasteiger partial charge in [0.15, 0.2) is 11.6 Å². The van der Waals surface area contributed by atoms with Gasteiger partial charge >= 0.3 is 12.1 Å². The average Bonchev–Trinajstić information content (AvgIpc) is 3.09. The molecule has 0 spiro atoms.